The van der Waals surface area contributed by atoms with Crippen molar-refractivity contribution in [1.82, 2.24) is 4.98 Å². The zero-order valence-electron chi connectivity index (χ0n) is 10.0. The molecule has 0 saturated heterocycles. The van der Waals surface area contributed by atoms with Gasteiger partial charge in [-0.3, -0.25) is 0 Å². The molecule has 4 heteroatoms. The largest absolute Gasteiger partial charge is 0.383 e. The lowest BCUT2D eigenvalue weighted by Crippen LogP contribution is -2.13. The van der Waals surface area contributed by atoms with Crippen molar-refractivity contribution in [1.29, 1.82) is 0 Å². The highest BCUT2D eigenvalue weighted by Crippen LogP contribution is 2.31. The summed E-state index contributed by atoms with van der Waals surface area (Å²) in [6, 6.07) is 5.27. The maximum atomic E-state index is 14.4. The van der Waals surface area contributed by atoms with Gasteiger partial charge in [0.1, 0.15) is 11.6 Å². The number of anilines is 1. The first kappa shape index (κ1) is 12.3. The standard InChI is InChI=1S/C13H14BrFN2/c1-13(2,3)8-4-5-10-7(11(8)15)6-9(14)12(16)17-10/h4-6H,1-3H3,(H2,16,17). The molecule has 0 amide bonds. The third-order valence-electron chi connectivity index (χ3n) is 2.72. The molecular formula is C13H14BrFN2. The average molecular weight is 297 g/mol. The van der Waals surface area contributed by atoms with Crippen molar-refractivity contribution in [3.05, 3.63) is 34.1 Å². The van der Waals surface area contributed by atoms with Crippen molar-refractivity contribution < 1.29 is 4.39 Å². The van der Waals surface area contributed by atoms with Crippen LogP contribution in [0.4, 0.5) is 10.2 Å². The lowest BCUT2D eigenvalue weighted by molar-refractivity contribution is 0.529. The number of benzene rings is 1. The van der Waals surface area contributed by atoms with Gasteiger partial charge in [0, 0.05) is 5.39 Å². The molecule has 2 N–H and O–H groups in total. The Morgan fingerprint density at radius 1 is 1.29 bits per heavy atom. The van der Waals surface area contributed by atoms with Crippen LogP contribution in [0.1, 0.15) is 26.3 Å². The molecule has 0 unspecified atom stereocenters. The van der Waals surface area contributed by atoms with Gasteiger partial charge in [0.15, 0.2) is 0 Å². The predicted octanol–water partition coefficient (Wildman–Crippen LogP) is 4.02. The molecule has 0 fully saturated rings. The summed E-state index contributed by atoms with van der Waals surface area (Å²) in [7, 11) is 0. The fourth-order valence-electron chi connectivity index (χ4n) is 1.78. The van der Waals surface area contributed by atoms with Crippen molar-refractivity contribution in [2.24, 2.45) is 0 Å². The van der Waals surface area contributed by atoms with Crippen LogP contribution in [-0.2, 0) is 5.41 Å². The topological polar surface area (TPSA) is 38.9 Å². The maximum absolute atomic E-state index is 14.4. The summed E-state index contributed by atoms with van der Waals surface area (Å²) in [5.41, 5.74) is 6.71. The Hall–Kier alpha value is -1.16. The van der Waals surface area contributed by atoms with Gasteiger partial charge in [0.2, 0.25) is 0 Å². The van der Waals surface area contributed by atoms with Crippen LogP contribution in [0.25, 0.3) is 10.9 Å². The first-order valence-electron chi connectivity index (χ1n) is 5.35. The summed E-state index contributed by atoms with van der Waals surface area (Å²) in [6.07, 6.45) is 0. The van der Waals surface area contributed by atoms with Crippen molar-refractivity contribution in [2.45, 2.75) is 26.2 Å². The molecule has 0 atom stereocenters. The number of hydrogen-bond donors (Lipinski definition) is 1. The lowest BCUT2D eigenvalue weighted by Gasteiger charge is -2.20. The van der Waals surface area contributed by atoms with Crippen LogP contribution in [0.5, 0.6) is 0 Å². The van der Waals surface area contributed by atoms with E-state index in [1.165, 1.54) is 0 Å². The molecule has 0 radical (unpaired) electrons. The highest BCUT2D eigenvalue weighted by Gasteiger charge is 2.20. The van der Waals surface area contributed by atoms with E-state index in [1.54, 1.807) is 12.1 Å². The van der Waals surface area contributed by atoms with E-state index in [-0.39, 0.29) is 11.2 Å². The highest BCUT2D eigenvalue weighted by molar-refractivity contribution is 9.10. The van der Waals surface area contributed by atoms with E-state index >= 15 is 0 Å². The summed E-state index contributed by atoms with van der Waals surface area (Å²) >= 11 is 3.27. The first-order valence-corrected chi connectivity index (χ1v) is 6.14. The molecule has 1 aromatic carbocycles. The number of fused-ring (bicyclic) bond motifs is 1. The molecule has 1 heterocycles. The van der Waals surface area contributed by atoms with E-state index in [4.69, 9.17) is 5.73 Å². The van der Waals surface area contributed by atoms with E-state index in [2.05, 4.69) is 20.9 Å². The van der Waals surface area contributed by atoms with E-state index in [1.807, 2.05) is 26.8 Å². The minimum atomic E-state index is -0.230. The molecule has 0 spiro atoms. The fourth-order valence-corrected chi connectivity index (χ4v) is 2.10. The monoisotopic (exact) mass is 296 g/mol. The SMILES string of the molecule is CC(C)(C)c1ccc2nc(N)c(Br)cc2c1F. The summed E-state index contributed by atoms with van der Waals surface area (Å²) in [5, 5.41) is 0.499. The third-order valence-corrected chi connectivity index (χ3v) is 3.36. The van der Waals surface area contributed by atoms with Crippen molar-refractivity contribution >= 4 is 32.7 Å². The zero-order valence-corrected chi connectivity index (χ0v) is 11.6. The number of aromatic nitrogens is 1. The van der Waals surface area contributed by atoms with Gasteiger partial charge >= 0.3 is 0 Å². The van der Waals surface area contributed by atoms with Crippen LogP contribution in [0.3, 0.4) is 0 Å². The Labute approximate surface area is 108 Å². The number of nitrogens with zero attached hydrogens (tertiary/aromatic N) is 1. The number of hydrogen-bond acceptors (Lipinski definition) is 2. The van der Waals surface area contributed by atoms with Gasteiger partial charge in [-0.25, -0.2) is 9.37 Å². The lowest BCUT2D eigenvalue weighted by atomic mass is 9.86. The average Bonchev–Trinajstić information content (AvgIpc) is 2.19. The van der Waals surface area contributed by atoms with Crippen molar-refractivity contribution in [3.8, 4) is 0 Å². The van der Waals surface area contributed by atoms with Crippen molar-refractivity contribution in [2.75, 3.05) is 5.73 Å². The van der Waals surface area contributed by atoms with Crippen molar-refractivity contribution in [3.63, 3.8) is 0 Å². The molecule has 90 valence electrons. The number of rotatable bonds is 0. The molecular weight excluding hydrogens is 283 g/mol. The molecule has 17 heavy (non-hydrogen) atoms. The minimum Gasteiger partial charge on any atom is -0.383 e. The molecule has 0 bridgehead atoms. The number of nitrogens with two attached hydrogens (primary N) is 1. The number of nitrogen functional groups attached to an aromatic ring is 1. The van der Waals surface area contributed by atoms with Gasteiger partial charge in [-0.15, -0.1) is 0 Å². The smallest absolute Gasteiger partial charge is 0.138 e. The van der Waals surface area contributed by atoms with Crippen LogP contribution in [-0.4, -0.2) is 4.98 Å². The Kier molecular flexibility index (Phi) is 2.86. The normalized spacial score (nSPS) is 12.1. The van der Waals surface area contributed by atoms with Crippen LogP contribution in [0, 0.1) is 5.82 Å². The molecule has 0 aliphatic carbocycles. The van der Waals surface area contributed by atoms with Gasteiger partial charge in [0.25, 0.3) is 0 Å². The maximum Gasteiger partial charge on any atom is 0.138 e. The summed E-state index contributed by atoms with van der Waals surface area (Å²) in [6.45, 7) is 5.95. The van der Waals surface area contributed by atoms with Gasteiger partial charge in [0.05, 0.1) is 9.99 Å². The third kappa shape index (κ3) is 2.14. The highest BCUT2D eigenvalue weighted by atomic mass is 79.9. The summed E-state index contributed by atoms with van der Waals surface area (Å²) < 4.78 is 15.0. The zero-order chi connectivity index (χ0) is 12.8. The second-order valence-electron chi connectivity index (χ2n) is 5.10. The Balaban J connectivity index is 2.80. The fraction of sp³-hybridized carbons (Fsp3) is 0.308. The van der Waals surface area contributed by atoms with E-state index in [0.29, 0.717) is 26.8 Å². The molecule has 2 nitrogen and oxygen atoms in total. The van der Waals surface area contributed by atoms with E-state index in [0.717, 1.165) is 0 Å². The van der Waals surface area contributed by atoms with Gasteiger partial charge in [-0.2, -0.15) is 0 Å². The van der Waals surface area contributed by atoms with Gasteiger partial charge in [-0.05, 0) is 39.0 Å². The minimum absolute atomic E-state index is 0.219. The van der Waals surface area contributed by atoms with Crippen LogP contribution in [0.2, 0.25) is 0 Å². The number of pyridine rings is 1. The Morgan fingerprint density at radius 2 is 1.94 bits per heavy atom. The second-order valence-corrected chi connectivity index (χ2v) is 5.95. The number of halogens is 2. The Bertz CT molecular complexity index is 588. The van der Waals surface area contributed by atoms with Crippen LogP contribution < -0.4 is 5.73 Å². The van der Waals surface area contributed by atoms with Gasteiger partial charge in [-0.1, -0.05) is 26.8 Å². The molecule has 2 rings (SSSR count). The van der Waals surface area contributed by atoms with Crippen LogP contribution >= 0.6 is 15.9 Å². The predicted molar refractivity (Wildman–Crippen MR) is 72.5 cm³/mol. The van der Waals surface area contributed by atoms with Crippen LogP contribution in [0.15, 0.2) is 22.7 Å². The quantitative estimate of drug-likeness (QED) is 0.797. The Morgan fingerprint density at radius 3 is 2.53 bits per heavy atom. The molecule has 0 aliphatic heterocycles. The first-order chi connectivity index (χ1) is 7.80. The molecule has 0 aliphatic rings. The molecule has 2 aromatic rings. The van der Waals surface area contributed by atoms with E-state index in [9.17, 15) is 4.39 Å². The molecule has 0 saturated carbocycles. The summed E-state index contributed by atoms with van der Waals surface area (Å²) in [4.78, 5) is 4.15. The summed E-state index contributed by atoms with van der Waals surface area (Å²) in [5.74, 6) is 0.156. The second kappa shape index (κ2) is 3.95. The molecule has 1 aromatic heterocycles. The van der Waals surface area contributed by atoms with Gasteiger partial charge < -0.3 is 5.73 Å². The van der Waals surface area contributed by atoms with E-state index < -0.39 is 0 Å².